The summed E-state index contributed by atoms with van der Waals surface area (Å²) in [6, 6.07) is 9.76. The van der Waals surface area contributed by atoms with Gasteiger partial charge in [-0.2, -0.15) is 0 Å². The fourth-order valence-electron chi connectivity index (χ4n) is 1.54. The molecule has 0 bridgehead atoms. The molecule has 0 spiro atoms. The molecule has 94 valence electrons. The molecule has 0 fully saturated rings. The molecule has 2 rings (SSSR count). The summed E-state index contributed by atoms with van der Waals surface area (Å²) in [4.78, 5) is 12.0. The Balaban J connectivity index is 2.05. The number of carbonyl (C=O) groups excluding carboxylic acids is 1. The van der Waals surface area contributed by atoms with Crippen molar-refractivity contribution in [1.82, 2.24) is 5.32 Å². The summed E-state index contributed by atoms with van der Waals surface area (Å²) in [5.41, 5.74) is 1.77. The zero-order valence-electron chi connectivity index (χ0n) is 9.61. The Hall–Kier alpha value is -0.650. The van der Waals surface area contributed by atoms with Gasteiger partial charge in [-0.3, -0.25) is 4.79 Å². The van der Waals surface area contributed by atoms with E-state index < -0.39 is 0 Å². The van der Waals surface area contributed by atoms with Crippen LogP contribution < -0.4 is 5.32 Å². The third-order valence-corrected chi connectivity index (χ3v) is 4.58. The molecule has 18 heavy (non-hydrogen) atoms. The van der Waals surface area contributed by atoms with Crippen LogP contribution in [0.3, 0.4) is 0 Å². The van der Waals surface area contributed by atoms with Gasteiger partial charge in [-0.15, -0.1) is 11.3 Å². The number of carbonyl (C=O) groups is 1. The monoisotopic (exact) mass is 387 g/mol. The van der Waals surface area contributed by atoms with E-state index in [0.717, 1.165) is 13.8 Å². The van der Waals surface area contributed by atoms with Crippen molar-refractivity contribution in [2.24, 2.45) is 0 Å². The van der Waals surface area contributed by atoms with Crippen LogP contribution in [0.5, 0.6) is 0 Å². The molecule has 1 atom stereocenters. The summed E-state index contributed by atoms with van der Waals surface area (Å²) >= 11 is 8.25. The number of benzene rings is 1. The minimum atomic E-state index is -0.0487. The van der Waals surface area contributed by atoms with Crippen molar-refractivity contribution >= 4 is 49.1 Å². The zero-order valence-corrected chi connectivity index (χ0v) is 13.6. The van der Waals surface area contributed by atoms with Crippen molar-refractivity contribution in [1.29, 1.82) is 0 Å². The molecular weight excluding hydrogens is 378 g/mol. The predicted octanol–water partition coefficient (Wildman–Crippen LogP) is 4.76. The van der Waals surface area contributed by atoms with Gasteiger partial charge in [0.15, 0.2) is 0 Å². The van der Waals surface area contributed by atoms with E-state index in [-0.39, 0.29) is 11.9 Å². The highest BCUT2D eigenvalue weighted by atomic mass is 79.9. The summed E-state index contributed by atoms with van der Waals surface area (Å²) in [5.74, 6) is -0.0487. The van der Waals surface area contributed by atoms with Gasteiger partial charge in [0.25, 0.3) is 5.91 Å². The average molecular weight is 389 g/mol. The van der Waals surface area contributed by atoms with Gasteiger partial charge in [-0.25, -0.2) is 0 Å². The number of halogens is 2. The lowest BCUT2D eigenvalue weighted by Crippen LogP contribution is -2.26. The molecule has 0 aliphatic heterocycles. The van der Waals surface area contributed by atoms with Gasteiger partial charge in [-0.05, 0) is 46.6 Å². The van der Waals surface area contributed by atoms with Crippen molar-refractivity contribution in [3.8, 4) is 0 Å². The molecule has 5 heteroatoms. The summed E-state index contributed by atoms with van der Waals surface area (Å²) in [6.07, 6.45) is 0. The van der Waals surface area contributed by atoms with Crippen molar-refractivity contribution in [3.05, 3.63) is 55.1 Å². The fraction of sp³-hybridized carbons (Fsp3) is 0.154. The summed E-state index contributed by atoms with van der Waals surface area (Å²) in [5, 5.41) is 4.82. The summed E-state index contributed by atoms with van der Waals surface area (Å²) in [6.45, 7) is 1.97. The molecule has 1 aromatic heterocycles. The molecule has 1 amide bonds. The highest BCUT2D eigenvalue weighted by molar-refractivity contribution is 9.11. The van der Waals surface area contributed by atoms with Crippen LogP contribution >= 0.6 is 43.2 Å². The van der Waals surface area contributed by atoms with Crippen LogP contribution in [0.1, 0.15) is 28.9 Å². The van der Waals surface area contributed by atoms with Gasteiger partial charge in [0.05, 0.1) is 15.4 Å². The maximum absolute atomic E-state index is 12.0. The standard InChI is InChI=1S/C13H11Br2NOS/c1-8(9-2-4-11(14)5-3-9)16-13(17)10-6-12(15)18-7-10/h2-8H,1H3,(H,16,17)/t8-/m0/s1. The Morgan fingerprint density at radius 2 is 1.94 bits per heavy atom. The van der Waals surface area contributed by atoms with E-state index in [1.807, 2.05) is 42.6 Å². The van der Waals surface area contributed by atoms with Crippen molar-refractivity contribution in [2.45, 2.75) is 13.0 Å². The lowest BCUT2D eigenvalue weighted by atomic mass is 10.1. The van der Waals surface area contributed by atoms with E-state index in [9.17, 15) is 4.79 Å². The summed E-state index contributed by atoms with van der Waals surface area (Å²) in [7, 11) is 0. The van der Waals surface area contributed by atoms with E-state index in [1.165, 1.54) is 11.3 Å². The first-order chi connectivity index (χ1) is 8.56. The van der Waals surface area contributed by atoms with Crippen LogP contribution in [0, 0.1) is 0 Å². The number of hydrogen-bond acceptors (Lipinski definition) is 2. The molecule has 1 N–H and O–H groups in total. The average Bonchev–Trinajstić information content (AvgIpc) is 2.76. The minimum absolute atomic E-state index is 0.00993. The Bertz CT molecular complexity index is 550. The normalized spacial score (nSPS) is 12.2. The molecule has 1 heterocycles. The molecule has 0 radical (unpaired) electrons. The highest BCUT2D eigenvalue weighted by Crippen LogP contribution is 2.22. The van der Waals surface area contributed by atoms with Gasteiger partial charge in [0, 0.05) is 9.85 Å². The second-order valence-electron chi connectivity index (χ2n) is 3.89. The van der Waals surface area contributed by atoms with E-state index >= 15 is 0 Å². The second kappa shape index (κ2) is 5.99. The molecule has 2 aromatic rings. The predicted molar refractivity (Wildman–Crippen MR) is 82.0 cm³/mol. The minimum Gasteiger partial charge on any atom is -0.345 e. The smallest absolute Gasteiger partial charge is 0.252 e. The van der Waals surface area contributed by atoms with Crippen LogP contribution in [0.15, 0.2) is 44.0 Å². The van der Waals surface area contributed by atoms with E-state index in [2.05, 4.69) is 37.2 Å². The Morgan fingerprint density at radius 1 is 1.28 bits per heavy atom. The van der Waals surface area contributed by atoms with Crippen molar-refractivity contribution < 1.29 is 4.79 Å². The zero-order chi connectivity index (χ0) is 13.1. The third kappa shape index (κ3) is 3.43. The Labute approximate surface area is 127 Å². The van der Waals surface area contributed by atoms with Crippen LogP contribution in [0.2, 0.25) is 0 Å². The highest BCUT2D eigenvalue weighted by Gasteiger charge is 2.12. The topological polar surface area (TPSA) is 29.1 Å². The lowest BCUT2D eigenvalue weighted by Gasteiger charge is -2.13. The SMILES string of the molecule is C[C@H](NC(=O)c1csc(Br)c1)c1ccc(Br)cc1. The number of amides is 1. The quantitative estimate of drug-likeness (QED) is 0.806. The largest absolute Gasteiger partial charge is 0.345 e. The third-order valence-electron chi connectivity index (χ3n) is 2.55. The molecule has 1 aromatic carbocycles. The molecule has 0 saturated carbocycles. The number of rotatable bonds is 3. The lowest BCUT2D eigenvalue weighted by molar-refractivity contribution is 0.0940. The summed E-state index contributed by atoms with van der Waals surface area (Å²) < 4.78 is 2.00. The molecule has 0 aliphatic rings. The fourth-order valence-corrected chi connectivity index (χ4v) is 2.94. The van der Waals surface area contributed by atoms with E-state index in [1.54, 1.807) is 0 Å². The Morgan fingerprint density at radius 3 is 2.50 bits per heavy atom. The molecule has 0 unspecified atom stereocenters. The first-order valence-corrected chi connectivity index (χ1v) is 7.83. The molecule has 0 aliphatic carbocycles. The molecule has 0 saturated heterocycles. The van der Waals surface area contributed by atoms with Gasteiger partial charge < -0.3 is 5.32 Å². The maximum atomic E-state index is 12.0. The van der Waals surface area contributed by atoms with E-state index in [4.69, 9.17) is 0 Å². The molecular formula is C13H11Br2NOS. The number of thiophene rings is 1. The molecule has 2 nitrogen and oxygen atoms in total. The van der Waals surface area contributed by atoms with E-state index in [0.29, 0.717) is 5.56 Å². The van der Waals surface area contributed by atoms with Crippen molar-refractivity contribution in [2.75, 3.05) is 0 Å². The van der Waals surface area contributed by atoms with Gasteiger partial charge >= 0.3 is 0 Å². The van der Waals surface area contributed by atoms with Gasteiger partial charge in [0.2, 0.25) is 0 Å². The first-order valence-electron chi connectivity index (χ1n) is 5.36. The van der Waals surface area contributed by atoms with Gasteiger partial charge in [-0.1, -0.05) is 28.1 Å². The number of nitrogens with one attached hydrogen (secondary N) is 1. The number of hydrogen-bond donors (Lipinski definition) is 1. The van der Waals surface area contributed by atoms with Crippen LogP contribution in [-0.2, 0) is 0 Å². The second-order valence-corrected chi connectivity index (χ2v) is 7.09. The van der Waals surface area contributed by atoms with Crippen LogP contribution in [0.25, 0.3) is 0 Å². The van der Waals surface area contributed by atoms with Crippen LogP contribution in [-0.4, -0.2) is 5.91 Å². The first kappa shape index (κ1) is 13.8. The Kier molecular flexibility index (Phi) is 4.59. The van der Waals surface area contributed by atoms with Crippen molar-refractivity contribution in [3.63, 3.8) is 0 Å². The van der Waals surface area contributed by atoms with Crippen LogP contribution in [0.4, 0.5) is 0 Å². The maximum Gasteiger partial charge on any atom is 0.252 e. The van der Waals surface area contributed by atoms with Gasteiger partial charge in [0.1, 0.15) is 0 Å².